The summed E-state index contributed by atoms with van der Waals surface area (Å²) in [7, 11) is 2.23. The van der Waals surface area contributed by atoms with E-state index in [-0.39, 0.29) is 28.6 Å². The van der Waals surface area contributed by atoms with Crippen molar-refractivity contribution in [3.63, 3.8) is 0 Å². The zero-order valence-electron chi connectivity index (χ0n) is 30.2. The average Bonchev–Trinajstić information content (AvgIpc) is 3.13. The van der Waals surface area contributed by atoms with Gasteiger partial charge in [-0.1, -0.05) is 30.7 Å². The molecule has 2 aromatic carbocycles. The lowest BCUT2D eigenvalue weighted by molar-refractivity contribution is -0.121. The number of carbonyl (C=O) groups is 1. The Kier molecular flexibility index (Phi) is 10.1. The molecule has 4 heterocycles. The Morgan fingerprint density at radius 1 is 1.02 bits per heavy atom. The molecule has 1 spiro atoms. The van der Waals surface area contributed by atoms with Gasteiger partial charge in [0.15, 0.2) is 0 Å². The highest BCUT2D eigenvalue weighted by Crippen LogP contribution is 2.43. The van der Waals surface area contributed by atoms with Crippen LogP contribution in [0.4, 0.5) is 21.7 Å². The molecule has 11 heteroatoms. The van der Waals surface area contributed by atoms with Crippen molar-refractivity contribution >= 4 is 45.9 Å². The predicted molar refractivity (Wildman–Crippen MR) is 204 cm³/mol. The quantitative estimate of drug-likeness (QED) is 0.201. The van der Waals surface area contributed by atoms with Gasteiger partial charge in [0.2, 0.25) is 11.9 Å². The van der Waals surface area contributed by atoms with Crippen molar-refractivity contribution in [2.24, 2.45) is 5.41 Å². The summed E-state index contributed by atoms with van der Waals surface area (Å²) in [6, 6.07) is 10.9. The summed E-state index contributed by atoms with van der Waals surface area (Å²) in [6.07, 6.45) is 10.1. The summed E-state index contributed by atoms with van der Waals surface area (Å²) in [5.41, 5.74) is 5.45. The predicted octanol–water partition coefficient (Wildman–Crippen LogP) is 7.93. The molecule has 0 radical (unpaired) electrons. The van der Waals surface area contributed by atoms with E-state index in [0.29, 0.717) is 58.3 Å². The van der Waals surface area contributed by atoms with Crippen molar-refractivity contribution in [2.45, 2.75) is 90.6 Å². The first kappa shape index (κ1) is 35.4. The Bertz CT molecular complexity index is 1990. The van der Waals surface area contributed by atoms with Gasteiger partial charge in [-0.05, 0) is 126 Å². The molecule has 1 aliphatic carbocycles. The van der Waals surface area contributed by atoms with Gasteiger partial charge in [0.25, 0.3) is 5.56 Å². The molecule has 3 fully saturated rings. The minimum Gasteiger partial charge on any atom is -0.371 e. The molecule has 51 heavy (non-hydrogen) atoms. The van der Waals surface area contributed by atoms with E-state index in [2.05, 4.69) is 52.6 Å². The Morgan fingerprint density at radius 2 is 1.73 bits per heavy atom. The number of hydrogen-bond donors (Lipinski definition) is 2. The molecule has 1 amide bonds. The van der Waals surface area contributed by atoms with Crippen molar-refractivity contribution in [2.75, 3.05) is 43.4 Å². The van der Waals surface area contributed by atoms with Gasteiger partial charge in [0.1, 0.15) is 11.5 Å². The number of halogens is 2. The normalized spacial score (nSPS) is 20.9. The number of pyridine rings is 1. The van der Waals surface area contributed by atoms with E-state index >= 15 is 0 Å². The van der Waals surface area contributed by atoms with E-state index in [4.69, 9.17) is 21.6 Å². The lowest BCUT2D eigenvalue weighted by Crippen LogP contribution is -2.46. The minimum absolute atomic E-state index is 0.0307. The summed E-state index contributed by atoms with van der Waals surface area (Å²) in [5, 5.41) is 7.13. The first-order chi connectivity index (χ1) is 24.6. The van der Waals surface area contributed by atoms with Gasteiger partial charge in [-0.25, -0.2) is 9.37 Å². The van der Waals surface area contributed by atoms with E-state index in [0.717, 1.165) is 31.6 Å². The molecule has 0 bridgehead atoms. The van der Waals surface area contributed by atoms with Gasteiger partial charge in [0, 0.05) is 60.1 Å². The first-order valence-corrected chi connectivity index (χ1v) is 18.9. The Balaban J connectivity index is 1.18. The third kappa shape index (κ3) is 7.09. The Morgan fingerprint density at radius 3 is 2.41 bits per heavy atom. The second kappa shape index (κ2) is 14.5. The van der Waals surface area contributed by atoms with Gasteiger partial charge in [-0.2, -0.15) is 4.98 Å². The Hall–Kier alpha value is -4.02. The third-order valence-electron chi connectivity index (χ3n) is 11.8. The first-order valence-electron chi connectivity index (χ1n) is 18.5. The summed E-state index contributed by atoms with van der Waals surface area (Å²) in [4.78, 5) is 41.3. The molecule has 2 saturated heterocycles. The van der Waals surface area contributed by atoms with Gasteiger partial charge in [-0.3, -0.25) is 14.2 Å². The summed E-state index contributed by atoms with van der Waals surface area (Å²) < 4.78 is 16.4. The number of likely N-dealkylation sites (tertiary alicyclic amines) is 1. The number of anilines is 3. The molecule has 1 saturated carbocycles. The maximum Gasteiger partial charge on any atom is 0.260 e. The van der Waals surface area contributed by atoms with E-state index in [1.54, 1.807) is 22.9 Å². The van der Waals surface area contributed by atoms with Crippen LogP contribution in [0, 0.1) is 25.1 Å². The number of aryl methyl sites for hydroxylation is 2. The molecular weight excluding hydrogens is 665 g/mol. The van der Waals surface area contributed by atoms with Gasteiger partial charge < -0.3 is 20.4 Å². The maximum atomic E-state index is 14.7. The van der Waals surface area contributed by atoms with E-state index < -0.39 is 5.82 Å². The molecule has 0 unspecified atom stereocenters. The van der Waals surface area contributed by atoms with Crippen molar-refractivity contribution < 1.29 is 9.18 Å². The van der Waals surface area contributed by atoms with Crippen LogP contribution in [0.5, 0.6) is 0 Å². The number of carbonyl (C=O) groups excluding carboxylic acids is 1. The van der Waals surface area contributed by atoms with Crippen LogP contribution in [0.2, 0.25) is 5.02 Å². The van der Waals surface area contributed by atoms with Crippen LogP contribution >= 0.6 is 11.6 Å². The van der Waals surface area contributed by atoms with E-state index in [1.807, 2.05) is 13.8 Å². The van der Waals surface area contributed by atoms with Crippen LogP contribution < -0.4 is 21.1 Å². The van der Waals surface area contributed by atoms with Gasteiger partial charge in [0.05, 0.1) is 10.6 Å². The number of amides is 1. The smallest absolute Gasteiger partial charge is 0.260 e. The molecule has 2 N–H and O–H groups in total. The van der Waals surface area contributed by atoms with Crippen LogP contribution in [-0.2, 0) is 4.79 Å². The van der Waals surface area contributed by atoms with Crippen LogP contribution in [0.3, 0.4) is 0 Å². The topological polar surface area (TPSA) is 95.4 Å². The maximum absolute atomic E-state index is 14.7. The highest BCUT2D eigenvalue weighted by Gasteiger charge is 2.37. The molecule has 4 aromatic rings. The van der Waals surface area contributed by atoms with Crippen LogP contribution in [0.25, 0.3) is 22.2 Å². The number of benzene rings is 2. The number of aromatic nitrogens is 3. The molecule has 2 aromatic heterocycles. The van der Waals surface area contributed by atoms with Crippen molar-refractivity contribution in [1.29, 1.82) is 0 Å². The second-order valence-electron chi connectivity index (χ2n) is 15.1. The molecule has 3 aliphatic rings. The average molecular weight is 714 g/mol. The fraction of sp³-hybridized carbons (Fsp3) is 0.500. The number of piperidine rings is 2. The molecule has 270 valence electrons. The van der Waals surface area contributed by atoms with Crippen LogP contribution in [0.1, 0.15) is 81.9 Å². The fourth-order valence-electron chi connectivity index (χ4n) is 8.59. The van der Waals surface area contributed by atoms with E-state index in [1.165, 1.54) is 56.1 Å². The standard InChI is InChI=1S/C40H49ClFN7O2/c1-5-34(50)44-27-9-12-29(13-10-27)49-37-31(26(3)35(38(49)51)30-7-6-8-32(42)36(30)41)24-43-39(46-37)45-28-11-14-33(25(2)23-28)48-21-17-40(18-22-48)15-19-47(4)20-16-40/h6-8,11,14,23-24,27,29H,5,9-10,12-13,15-22H2,1-4H3,(H,44,50)(H,43,45,46). The minimum atomic E-state index is -0.578. The lowest BCUT2D eigenvalue weighted by Gasteiger charge is -2.47. The number of fused-ring (bicyclic) bond motifs is 1. The SMILES string of the molecule is CCC(=O)NC1CCC(n2c(=O)c(-c3cccc(F)c3Cl)c(C)c3cnc(Nc4ccc(N5CCC6(CCN(C)CC6)CC5)c(C)c4)nc32)CC1. The largest absolute Gasteiger partial charge is 0.371 e. The molecule has 0 atom stereocenters. The molecule has 2 aliphatic heterocycles. The summed E-state index contributed by atoms with van der Waals surface area (Å²) >= 11 is 6.46. The van der Waals surface area contributed by atoms with Gasteiger partial charge >= 0.3 is 0 Å². The van der Waals surface area contributed by atoms with Crippen molar-refractivity contribution in [1.82, 2.24) is 24.8 Å². The molecule has 9 nitrogen and oxygen atoms in total. The number of nitrogens with one attached hydrogen (secondary N) is 2. The van der Waals surface area contributed by atoms with Crippen LogP contribution in [0.15, 0.2) is 47.4 Å². The summed E-state index contributed by atoms with van der Waals surface area (Å²) in [6.45, 7) is 10.4. The highest BCUT2D eigenvalue weighted by atomic mass is 35.5. The zero-order valence-corrected chi connectivity index (χ0v) is 31.0. The fourth-order valence-corrected chi connectivity index (χ4v) is 8.81. The highest BCUT2D eigenvalue weighted by molar-refractivity contribution is 6.33. The number of hydrogen-bond acceptors (Lipinski definition) is 7. The van der Waals surface area contributed by atoms with Crippen molar-refractivity contribution in [3.8, 4) is 11.1 Å². The third-order valence-corrected chi connectivity index (χ3v) is 12.2. The van der Waals surface area contributed by atoms with Crippen LogP contribution in [-0.4, -0.2) is 64.6 Å². The monoisotopic (exact) mass is 713 g/mol. The molecule has 7 rings (SSSR count). The zero-order chi connectivity index (χ0) is 35.9. The molecular formula is C40H49ClFN7O2. The number of nitrogens with zero attached hydrogens (tertiary/aromatic N) is 5. The van der Waals surface area contributed by atoms with Crippen molar-refractivity contribution in [3.05, 3.63) is 74.9 Å². The van der Waals surface area contributed by atoms with E-state index in [9.17, 15) is 14.0 Å². The van der Waals surface area contributed by atoms with Gasteiger partial charge in [-0.15, -0.1) is 0 Å². The lowest BCUT2D eigenvalue weighted by atomic mass is 9.71. The summed E-state index contributed by atoms with van der Waals surface area (Å²) in [5.74, 6) is -0.154. The number of rotatable bonds is 7. The second-order valence-corrected chi connectivity index (χ2v) is 15.4. The Labute approximate surface area is 304 Å².